The van der Waals surface area contributed by atoms with Crippen molar-refractivity contribution in [3.63, 3.8) is 0 Å². The van der Waals surface area contributed by atoms with Crippen LogP contribution in [-0.4, -0.2) is 75.6 Å². The minimum absolute atomic E-state index is 0.0293. The first-order valence-electron chi connectivity index (χ1n) is 7.19. The second-order valence-corrected chi connectivity index (χ2v) is 8.55. The highest BCUT2D eigenvalue weighted by Crippen LogP contribution is 2.20. The van der Waals surface area contributed by atoms with E-state index < -0.39 is 16.1 Å². The van der Waals surface area contributed by atoms with Gasteiger partial charge in [-0.3, -0.25) is 4.79 Å². The van der Waals surface area contributed by atoms with Crippen molar-refractivity contribution in [1.82, 2.24) is 9.21 Å². The summed E-state index contributed by atoms with van der Waals surface area (Å²) in [5.41, 5.74) is 0. The molecule has 2 rings (SSSR count). The quantitative estimate of drug-likeness (QED) is 0.687. The molecule has 1 aliphatic rings. The number of ketones is 1. The van der Waals surface area contributed by atoms with Crippen LogP contribution >= 0.6 is 11.3 Å². The molecule has 0 amide bonds. The molecule has 1 atom stereocenters. The summed E-state index contributed by atoms with van der Waals surface area (Å²) < 4.78 is 31.8. The summed E-state index contributed by atoms with van der Waals surface area (Å²) in [5, 5.41) is 1.84. The highest BCUT2D eigenvalue weighted by molar-refractivity contribution is 7.89. The molecule has 1 unspecified atom stereocenters. The molecule has 1 aromatic rings. The molecule has 1 aromatic heterocycles. The maximum atomic E-state index is 12.5. The van der Waals surface area contributed by atoms with Gasteiger partial charge in [-0.05, 0) is 25.5 Å². The molecule has 0 aromatic carbocycles. The Morgan fingerprint density at radius 3 is 2.91 bits per heavy atom. The largest absolute Gasteiger partial charge is 0.378 e. The summed E-state index contributed by atoms with van der Waals surface area (Å²) in [7, 11) is 0.301. The summed E-state index contributed by atoms with van der Waals surface area (Å²) in [4.78, 5) is 14.7. The van der Waals surface area contributed by atoms with Gasteiger partial charge >= 0.3 is 0 Å². The summed E-state index contributed by atoms with van der Waals surface area (Å²) in [5.74, 6) is 0.0299. The molecule has 1 fully saturated rings. The average molecular weight is 346 g/mol. The van der Waals surface area contributed by atoms with Crippen LogP contribution < -0.4 is 0 Å². The van der Waals surface area contributed by atoms with Gasteiger partial charge < -0.3 is 9.64 Å². The minimum atomic E-state index is -3.38. The van der Waals surface area contributed by atoms with E-state index in [2.05, 4.69) is 0 Å². The molecule has 0 aliphatic carbocycles. The van der Waals surface area contributed by atoms with Crippen LogP contribution in [0.3, 0.4) is 0 Å². The van der Waals surface area contributed by atoms with Gasteiger partial charge in [0, 0.05) is 19.5 Å². The number of ether oxygens (including phenoxy) is 1. The molecule has 22 heavy (non-hydrogen) atoms. The number of thiophene rings is 1. The van der Waals surface area contributed by atoms with Crippen molar-refractivity contribution in [2.45, 2.75) is 12.5 Å². The summed E-state index contributed by atoms with van der Waals surface area (Å²) >= 11 is 1.38. The molecule has 2 heterocycles. The fourth-order valence-corrected chi connectivity index (χ4v) is 4.78. The normalized spacial score (nSPS) is 20.4. The lowest BCUT2D eigenvalue weighted by atomic mass is 10.1. The van der Waals surface area contributed by atoms with E-state index in [4.69, 9.17) is 4.74 Å². The van der Waals surface area contributed by atoms with Gasteiger partial charge in [-0.15, -0.1) is 11.3 Å². The van der Waals surface area contributed by atoms with Crippen molar-refractivity contribution in [2.75, 3.05) is 46.2 Å². The van der Waals surface area contributed by atoms with Crippen LogP contribution in [0, 0.1) is 0 Å². The Bertz CT molecular complexity index is 584. The Kier molecular flexibility index (Phi) is 6.10. The van der Waals surface area contributed by atoms with Crippen LogP contribution in [-0.2, 0) is 14.8 Å². The van der Waals surface area contributed by atoms with E-state index in [9.17, 15) is 13.2 Å². The third-order valence-electron chi connectivity index (χ3n) is 3.54. The monoisotopic (exact) mass is 346 g/mol. The number of morpholine rings is 1. The average Bonchev–Trinajstić information content (AvgIpc) is 3.00. The maximum absolute atomic E-state index is 12.5. The topological polar surface area (TPSA) is 66.9 Å². The van der Waals surface area contributed by atoms with E-state index in [-0.39, 0.29) is 24.6 Å². The second-order valence-electron chi connectivity index (χ2n) is 5.56. The Hall–Kier alpha value is -0.800. The van der Waals surface area contributed by atoms with E-state index in [1.54, 1.807) is 6.07 Å². The van der Waals surface area contributed by atoms with Crippen molar-refractivity contribution < 1.29 is 17.9 Å². The molecule has 0 spiro atoms. The lowest BCUT2D eigenvalue weighted by Gasteiger charge is -2.34. The van der Waals surface area contributed by atoms with Crippen LogP contribution in [0.1, 0.15) is 16.1 Å². The summed E-state index contributed by atoms with van der Waals surface area (Å²) in [6, 6.07) is 3.18. The lowest BCUT2D eigenvalue weighted by Crippen LogP contribution is -2.50. The smallest absolute Gasteiger partial charge is 0.215 e. The molecule has 0 N–H and O–H groups in total. The number of rotatable bonds is 7. The van der Waals surface area contributed by atoms with Crippen LogP contribution in [0.25, 0.3) is 0 Å². The Balaban J connectivity index is 2.06. The minimum Gasteiger partial charge on any atom is -0.378 e. The van der Waals surface area contributed by atoms with Gasteiger partial charge in [0.1, 0.15) is 0 Å². The maximum Gasteiger partial charge on any atom is 0.215 e. The Morgan fingerprint density at radius 1 is 1.50 bits per heavy atom. The van der Waals surface area contributed by atoms with Crippen LogP contribution in [0.4, 0.5) is 0 Å². The van der Waals surface area contributed by atoms with Gasteiger partial charge in [-0.2, -0.15) is 4.31 Å². The lowest BCUT2D eigenvalue weighted by molar-refractivity contribution is 0.0294. The number of carbonyl (C=O) groups excluding carboxylic acids is 1. The molecular formula is C14H22N2O4S2. The third kappa shape index (κ3) is 4.60. The molecule has 1 saturated heterocycles. The van der Waals surface area contributed by atoms with Crippen LogP contribution in [0.5, 0.6) is 0 Å². The molecule has 6 nitrogen and oxygen atoms in total. The zero-order chi connectivity index (χ0) is 16.2. The van der Waals surface area contributed by atoms with Gasteiger partial charge in [0.25, 0.3) is 0 Å². The number of sulfonamides is 1. The van der Waals surface area contributed by atoms with Crippen molar-refractivity contribution in [3.8, 4) is 0 Å². The van der Waals surface area contributed by atoms with Crippen molar-refractivity contribution in [2.24, 2.45) is 0 Å². The zero-order valence-corrected chi connectivity index (χ0v) is 14.5. The first-order valence-corrected chi connectivity index (χ1v) is 9.68. The van der Waals surface area contributed by atoms with E-state index >= 15 is 0 Å². The molecule has 0 bridgehead atoms. The number of hydrogen-bond acceptors (Lipinski definition) is 6. The molecule has 0 saturated carbocycles. The fraction of sp³-hybridized carbons (Fsp3) is 0.643. The van der Waals surface area contributed by atoms with Gasteiger partial charge in [0.15, 0.2) is 5.78 Å². The Labute approximate surface area is 135 Å². The summed E-state index contributed by atoms with van der Waals surface area (Å²) in [6.07, 6.45) is 0.168. The highest BCUT2D eigenvalue weighted by Gasteiger charge is 2.34. The summed E-state index contributed by atoms with van der Waals surface area (Å²) in [6.45, 7) is 1.44. The molecule has 0 radical (unpaired) electrons. The van der Waals surface area contributed by atoms with E-state index in [1.807, 2.05) is 30.4 Å². The van der Waals surface area contributed by atoms with Gasteiger partial charge in [-0.1, -0.05) is 6.07 Å². The van der Waals surface area contributed by atoms with E-state index in [1.165, 1.54) is 15.6 Å². The predicted octanol–water partition coefficient (Wildman–Crippen LogP) is 0.913. The first-order chi connectivity index (χ1) is 10.4. The van der Waals surface area contributed by atoms with Gasteiger partial charge in [0.2, 0.25) is 10.0 Å². The Morgan fingerprint density at radius 2 is 2.27 bits per heavy atom. The fourth-order valence-electron chi connectivity index (χ4n) is 2.33. The molecule has 8 heteroatoms. The number of nitrogens with zero attached hydrogens (tertiary/aromatic N) is 2. The molecule has 124 valence electrons. The second kappa shape index (κ2) is 7.65. The number of Topliss-reactive ketones (excluding diaryl/α,β-unsaturated/α-hetero) is 1. The van der Waals surface area contributed by atoms with Gasteiger partial charge in [0.05, 0.1) is 29.9 Å². The van der Waals surface area contributed by atoms with E-state index in [0.717, 1.165) is 0 Å². The third-order valence-corrected chi connectivity index (χ3v) is 6.35. The molecule has 1 aliphatic heterocycles. The van der Waals surface area contributed by atoms with Crippen LogP contribution in [0.2, 0.25) is 0 Å². The van der Waals surface area contributed by atoms with E-state index in [0.29, 0.717) is 24.6 Å². The SMILES string of the molecule is CN(C)CCS(=O)(=O)N1CCOCC1CC(=O)c1cccs1. The standard InChI is InChI=1S/C14H22N2O4S2/c1-15(2)6-9-22(18,19)16-5-7-20-11-12(16)10-13(17)14-4-3-8-21-14/h3-4,8,12H,5-7,9-11H2,1-2H3. The number of carbonyl (C=O) groups is 1. The van der Waals surface area contributed by atoms with Crippen molar-refractivity contribution in [3.05, 3.63) is 22.4 Å². The van der Waals surface area contributed by atoms with Crippen molar-refractivity contribution >= 4 is 27.1 Å². The predicted molar refractivity (Wildman–Crippen MR) is 86.9 cm³/mol. The zero-order valence-electron chi connectivity index (χ0n) is 12.9. The highest BCUT2D eigenvalue weighted by atomic mass is 32.2. The van der Waals surface area contributed by atoms with Gasteiger partial charge in [-0.25, -0.2) is 8.42 Å². The van der Waals surface area contributed by atoms with Crippen LogP contribution in [0.15, 0.2) is 17.5 Å². The first kappa shape index (κ1) is 17.6. The number of hydrogen-bond donors (Lipinski definition) is 0. The molecular weight excluding hydrogens is 324 g/mol. The van der Waals surface area contributed by atoms with Crippen molar-refractivity contribution in [1.29, 1.82) is 0 Å².